The van der Waals surface area contributed by atoms with Gasteiger partial charge in [0.2, 0.25) is 10.2 Å². The number of aliphatic hydroxyl groups excluding tert-OH is 1. The Labute approximate surface area is 208 Å². The molecule has 0 bridgehead atoms. The van der Waals surface area contributed by atoms with E-state index in [-0.39, 0.29) is 18.2 Å². The average molecular weight is 519 g/mol. The van der Waals surface area contributed by atoms with Crippen LogP contribution in [-0.4, -0.2) is 44.8 Å². The van der Waals surface area contributed by atoms with E-state index in [1.54, 1.807) is 28.9 Å². The Balaban J connectivity index is 1.73. The minimum Gasteiger partial charge on any atom is -0.396 e. The summed E-state index contributed by atoms with van der Waals surface area (Å²) >= 11 is 7.98. The van der Waals surface area contributed by atoms with Crippen LogP contribution in [0.4, 0.5) is 0 Å². The molecule has 10 heteroatoms. The second kappa shape index (κ2) is 10.4. The van der Waals surface area contributed by atoms with Crippen LogP contribution < -0.4 is 5.32 Å². The zero-order chi connectivity index (χ0) is 24.3. The molecule has 1 amide bonds. The Morgan fingerprint density at radius 1 is 1.21 bits per heavy atom. The Morgan fingerprint density at radius 2 is 1.97 bits per heavy atom. The number of allylic oxidation sites excluding steroid dienone is 4. The van der Waals surface area contributed by atoms with Crippen LogP contribution in [0.3, 0.4) is 0 Å². The number of nitrogens with zero attached hydrogens (tertiary/aromatic N) is 2. The number of halogens is 1. The highest BCUT2D eigenvalue weighted by molar-refractivity contribution is 7.97. The summed E-state index contributed by atoms with van der Waals surface area (Å²) in [5.41, 5.74) is 2.54. The van der Waals surface area contributed by atoms with Crippen LogP contribution in [0.25, 0.3) is 26.7 Å². The van der Waals surface area contributed by atoms with Gasteiger partial charge in [-0.05, 0) is 49.1 Å². The zero-order valence-electron chi connectivity index (χ0n) is 18.5. The molecule has 0 radical (unpaired) electrons. The van der Waals surface area contributed by atoms with Gasteiger partial charge in [0.15, 0.2) is 10.6 Å². The Kier molecular flexibility index (Phi) is 7.49. The molecule has 1 aromatic carbocycles. The number of hydrogen-bond acceptors (Lipinski definition) is 5. The molecule has 2 heterocycles. The minimum absolute atomic E-state index is 0.00426. The smallest absolute Gasteiger partial charge is 0.271 e. The predicted octanol–water partition coefficient (Wildman–Crippen LogP) is 5.11. The first-order valence-electron chi connectivity index (χ1n) is 10.8. The molecule has 3 aromatic rings. The molecule has 0 fully saturated rings. The van der Waals surface area contributed by atoms with Crippen LogP contribution >= 0.6 is 22.9 Å². The maximum Gasteiger partial charge on any atom is 0.271 e. The number of aromatic nitrogens is 2. The van der Waals surface area contributed by atoms with Crippen molar-refractivity contribution in [3.8, 4) is 21.0 Å². The number of rotatable bonds is 8. The van der Waals surface area contributed by atoms with E-state index in [0.717, 1.165) is 39.6 Å². The van der Waals surface area contributed by atoms with Gasteiger partial charge in [-0.2, -0.15) is 9.65 Å². The Hall–Kier alpha value is -2.56. The molecule has 1 aliphatic rings. The van der Waals surface area contributed by atoms with Gasteiger partial charge in [0, 0.05) is 24.1 Å². The molecule has 0 aliphatic heterocycles. The number of carbonyl (C=O) groups is 1. The molecule has 1 aliphatic carbocycles. The van der Waals surface area contributed by atoms with E-state index in [0.29, 0.717) is 22.9 Å². The molecule has 1 atom stereocenters. The van der Waals surface area contributed by atoms with Crippen molar-refractivity contribution < 1.29 is 18.7 Å². The second-order valence-electron chi connectivity index (χ2n) is 7.87. The van der Waals surface area contributed by atoms with Gasteiger partial charge >= 0.3 is 0 Å². The summed E-state index contributed by atoms with van der Waals surface area (Å²) in [7, 11) is -3.07. The summed E-state index contributed by atoms with van der Waals surface area (Å²) in [6.45, 7) is 0.349. The van der Waals surface area contributed by atoms with Crippen molar-refractivity contribution in [1.82, 2.24) is 15.1 Å². The van der Waals surface area contributed by atoms with E-state index >= 15 is 0 Å². The molecular formula is C24H25ClN3O4S2+. The number of amides is 1. The molecule has 34 heavy (non-hydrogen) atoms. The second-order valence-corrected chi connectivity index (χ2v) is 11.4. The van der Waals surface area contributed by atoms with Crippen molar-refractivity contribution in [3.05, 3.63) is 65.3 Å². The van der Waals surface area contributed by atoms with E-state index in [1.165, 1.54) is 17.6 Å². The largest absolute Gasteiger partial charge is 0.396 e. The van der Waals surface area contributed by atoms with Gasteiger partial charge in [-0.1, -0.05) is 40.1 Å². The van der Waals surface area contributed by atoms with Crippen LogP contribution in [0.5, 0.6) is 0 Å². The molecule has 3 N–H and O–H groups in total. The first-order valence-corrected chi connectivity index (χ1v) is 13.9. The van der Waals surface area contributed by atoms with Gasteiger partial charge in [-0.25, -0.2) is 4.68 Å². The molecule has 2 aromatic heterocycles. The first kappa shape index (κ1) is 24.6. The van der Waals surface area contributed by atoms with Crippen molar-refractivity contribution in [2.75, 3.05) is 19.4 Å². The monoisotopic (exact) mass is 518 g/mol. The van der Waals surface area contributed by atoms with E-state index in [2.05, 4.69) is 10.4 Å². The quantitative estimate of drug-likeness (QED) is 0.284. The van der Waals surface area contributed by atoms with E-state index in [9.17, 15) is 13.6 Å². The first-order chi connectivity index (χ1) is 16.3. The van der Waals surface area contributed by atoms with Gasteiger partial charge in [0.25, 0.3) is 5.91 Å². The number of benzene rings is 1. The lowest BCUT2D eigenvalue weighted by Crippen LogP contribution is -2.25. The third kappa shape index (κ3) is 5.39. The molecule has 1 unspecified atom stereocenters. The number of thiophene rings is 1. The molecule has 178 valence electrons. The van der Waals surface area contributed by atoms with Crippen molar-refractivity contribution in [2.45, 2.75) is 24.2 Å². The van der Waals surface area contributed by atoms with Gasteiger partial charge in [0.05, 0.1) is 21.3 Å². The normalized spacial score (nSPS) is 15.4. The average Bonchev–Trinajstić information content (AvgIpc) is 3.47. The van der Waals surface area contributed by atoms with Crippen molar-refractivity contribution in [1.29, 1.82) is 0 Å². The molecule has 4 rings (SSSR count). The van der Waals surface area contributed by atoms with Crippen LogP contribution in [0.15, 0.2) is 64.5 Å². The summed E-state index contributed by atoms with van der Waals surface area (Å²) in [5.74, 6) is -0.324. The highest BCUT2D eigenvalue weighted by atomic mass is 35.5. The van der Waals surface area contributed by atoms with Crippen LogP contribution in [0.2, 0.25) is 0 Å². The van der Waals surface area contributed by atoms with Crippen LogP contribution in [-0.2, 0) is 14.4 Å². The summed E-state index contributed by atoms with van der Waals surface area (Å²) in [5, 5.41) is 16.9. The lowest BCUT2D eigenvalue weighted by atomic mass is 10.1. The third-order valence-electron chi connectivity index (χ3n) is 5.28. The minimum atomic E-state index is -3.07. The fraction of sp³-hybridized carbons (Fsp3) is 0.250. The maximum absolute atomic E-state index is 12.7. The van der Waals surface area contributed by atoms with E-state index < -0.39 is 10.2 Å². The van der Waals surface area contributed by atoms with Gasteiger partial charge in [-0.15, -0.1) is 11.3 Å². The van der Waals surface area contributed by atoms with Crippen molar-refractivity contribution in [3.63, 3.8) is 0 Å². The number of nitrogens with one attached hydrogen (secondary N) is 1. The highest BCUT2D eigenvalue weighted by Gasteiger charge is 2.23. The number of hydrogen-bond donors (Lipinski definition) is 3. The molecule has 0 saturated heterocycles. The molecule has 0 saturated carbocycles. The van der Waals surface area contributed by atoms with Crippen molar-refractivity contribution in [2.24, 2.45) is 0 Å². The van der Waals surface area contributed by atoms with Crippen LogP contribution in [0.1, 0.15) is 29.8 Å². The zero-order valence-corrected chi connectivity index (χ0v) is 20.9. The molecule has 0 spiro atoms. The van der Waals surface area contributed by atoms with Gasteiger partial charge in [-0.3, -0.25) is 4.79 Å². The Morgan fingerprint density at radius 3 is 2.71 bits per heavy atom. The predicted molar refractivity (Wildman–Crippen MR) is 137 cm³/mol. The standard InChI is InChI=1S/C24H24ClN3O4S2/c1-34(31,32)17-7-4-6-16(14-17)22-10-11-23(33-22)21-15-19(24(30)26-12-5-13-29)27-28(21)20-9-3-2-8-18(20)25/h4,6-11,14-15,29H,2-3,5,12-13H2,1H3,(H-,26,30,31,32)/p+1. The Bertz CT molecular complexity index is 1320. The number of carbonyl (C=O) groups excluding carboxylic acids is 1. The van der Waals surface area contributed by atoms with Gasteiger partial charge in [0.1, 0.15) is 6.26 Å². The lowest BCUT2D eigenvalue weighted by molar-refractivity contribution is 0.0945. The van der Waals surface area contributed by atoms with E-state index in [1.807, 2.05) is 30.4 Å². The topological polar surface area (TPSA) is 104 Å². The SMILES string of the molecule is C[S+](=O)(O)c1cccc(-c2ccc(-c3cc(C(=O)NCCCO)nn3C3=CCCC=C3Cl)s2)c1. The summed E-state index contributed by atoms with van der Waals surface area (Å²) in [4.78, 5) is 14.8. The summed E-state index contributed by atoms with van der Waals surface area (Å²) in [6.07, 6.45) is 7.37. The van der Waals surface area contributed by atoms with Crippen LogP contribution in [0, 0.1) is 0 Å². The fourth-order valence-corrected chi connectivity index (χ4v) is 5.51. The fourth-order valence-electron chi connectivity index (χ4n) is 3.56. The van der Waals surface area contributed by atoms with E-state index in [4.69, 9.17) is 16.7 Å². The van der Waals surface area contributed by atoms with Gasteiger partial charge < -0.3 is 10.4 Å². The lowest BCUT2D eigenvalue weighted by Gasteiger charge is -2.13. The number of aliphatic hydroxyl groups is 1. The maximum atomic E-state index is 12.7. The third-order valence-corrected chi connectivity index (χ3v) is 7.91. The summed E-state index contributed by atoms with van der Waals surface area (Å²) in [6, 6.07) is 12.6. The summed E-state index contributed by atoms with van der Waals surface area (Å²) < 4.78 is 23.7. The van der Waals surface area contributed by atoms with Crippen molar-refractivity contribution >= 4 is 44.8 Å². The molecule has 7 nitrogen and oxygen atoms in total. The molecular weight excluding hydrogens is 494 g/mol. The highest BCUT2D eigenvalue weighted by Crippen LogP contribution is 2.38.